The second-order valence-corrected chi connectivity index (χ2v) is 5.44. The van der Waals surface area contributed by atoms with Gasteiger partial charge in [0.15, 0.2) is 0 Å². The topological polar surface area (TPSA) is 89.4 Å². The molecule has 136 valence electrons. The first kappa shape index (κ1) is 22.8. The summed E-state index contributed by atoms with van der Waals surface area (Å²) in [5.41, 5.74) is 2.04. The summed E-state index contributed by atoms with van der Waals surface area (Å²) in [6, 6.07) is 3.14. The number of ether oxygens (including phenoxy) is 1. The normalized spacial score (nSPS) is 9.32. The molecule has 0 aliphatic carbocycles. The number of rotatable bonds is 3. The van der Waals surface area contributed by atoms with Gasteiger partial charge in [-0.2, -0.15) is 0 Å². The Labute approximate surface area is 156 Å². The minimum absolute atomic E-state index is 0. The average molecular weight is 387 g/mol. The van der Waals surface area contributed by atoms with Crippen LogP contribution in [-0.2, 0) is 4.74 Å². The fourth-order valence-electron chi connectivity index (χ4n) is 1.61. The van der Waals surface area contributed by atoms with Gasteiger partial charge >= 0.3 is 11.9 Å². The van der Waals surface area contributed by atoms with Gasteiger partial charge in [-0.05, 0) is 44.0 Å². The Morgan fingerprint density at radius 3 is 1.88 bits per heavy atom. The van der Waals surface area contributed by atoms with Crippen molar-refractivity contribution in [2.45, 2.75) is 28.2 Å². The third kappa shape index (κ3) is 7.07. The van der Waals surface area contributed by atoms with E-state index in [9.17, 15) is 9.59 Å². The molecule has 8 heteroatoms. The van der Waals surface area contributed by atoms with Crippen molar-refractivity contribution in [2.24, 2.45) is 0 Å². The minimum atomic E-state index is -1.05. The molecule has 0 aromatic carbocycles. The number of carbonyl (C=O) groups excluding carboxylic acids is 1. The number of halogens is 2. The number of nitrogens with zero attached hydrogens (tertiary/aromatic N) is 2. The van der Waals surface area contributed by atoms with Gasteiger partial charge in [0.2, 0.25) is 0 Å². The molecule has 0 amide bonds. The number of carboxylic acid groups (broad SMARTS) is 1. The van der Waals surface area contributed by atoms with Gasteiger partial charge in [0.05, 0.1) is 17.7 Å². The molecule has 2 aromatic heterocycles. The second kappa shape index (κ2) is 10.6. The van der Waals surface area contributed by atoms with Gasteiger partial charge in [-0.3, -0.25) is 0 Å². The van der Waals surface area contributed by atoms with Gasteiger partial charge in [-0.15, -0.1) is 0 Å². The molecule has 0 spiro atoms. The first-order chi connectivity index (χ1) is 11.3. The number of pyridine rings is 2. The molecule has 0 bridgehead atoms. The summed E-state index contributed by atoms with van der Waals surface area (Å²) in [6.07, 6.45) is 3.12. The lowest BCUT2D eigenvalue weighted by Gasteiger charge is -2.03. The van der Waals surface area contributed by atoms with Crippen LogP contribution < -0.4 is 0 Å². The molecule has 0 aliphatic heterocycles. The predicted molar refractivity (Wildman–Crippen MR) is 97.6 cm³/mol. The van der Waals surface area contributed by atoms with E-state index in [0.29, 0.717) is 12.2 Å². The van der Waals surface area contributed by atoms with E-state index in [1.807, 2.05) is 6.92 Å². The van der Waals surface area contributed by atoms with E-state index in [4.69, 9.17) is 33.0 Å². The molecule has 1 N–H and O–H groups in total. The van der Waals surface area contributed by atoms with Crippen molar-refractivity contribution < 1.29 is 19.4 Å². The Morgan fingerprint density at radius 1 is 1.04 bits per heavy atom. The molecule has 0 saturated heterocycles. The van der Waals surface area contributed by atoms with Crippen LogP contribution in [0.2, 0.25) is 10.3 Å². The van der Waals surface area contributed by atoms with Crippen LogP contribution >= 0.6 is 23.2 Å². The Hall–Kier alpha value is -2.18. The molecule has 0 aliphatic rings. The Morgan fingerprint density at radius 2 is 1.48 bits per heavy atom. The predicted octanol–water partition coefficient (Wildman–Crippen LogP) is 4.60. The highest BCUT2D eigenvalue weighted by atomic mass is 35.5. The number of carbonyl (C=O) groups is 2. The van der Waals surface area contributed by atoms with Gasteiger partial charge in [0.25, 0.3) is 0 Å². The molecule has 2 heterocycles. The van der Waals surface area contributed by atoms with E-state index in [-0.39, 0.29) is 23.3 Å². The van der Waals surface area contributed by atoms with Crippen molar-refractivity contribution in [3.63, 3.8) is 0 Å². The van der Waals surface area contributed by atoms with E-state index in [0.717, 1.165) is 11.1 Å². The fourth-order valence-corrected chi connectivity index (χ4v) is 1.97. The fraction of sp³-hybridized carbons (Fsp3) is 0.294. The van der Waals surface area contributed by atoms with Gasteiger partial charge in [0.1, 0.15) is 10.3 Å². The zero-order chi connectivity index (χ0) is 18.3. The first-order valence-corrected chi connectivity index (χ1v) is 7.66. The molecule has 0 unspecified atom stereocenters. The van der Waals surface area contributed by atoms with Crippen LogP contribution in [0.5, 0.6) is 0 Å². The molecular weight excluding hydrogens is 367 g/mol. The monoisotopic (exact) mass is 386 g/mol. The number of hydrogen-bond acceptors (Lipinski definition) is 5. The third-order valence-corrected chi connectivity index (χ3v) is 3.28. The van der Waals surface area contributed by atoms with Crippen molar-refractivity contribution in [1.29, 1.82) is 0 Å². The van der Waals surface area contributed by atoms with E-state index in [1.54, 1.807) is 26.1 Å². The number of aryl methyl sites for hydroxylation is 2. The molecule has 6 nitrogen and oxygen atoms in total. The molecule has 0 saturated carbocycles. The lowest BCUT2D eigenvalue weighted by molar-refractivity contribution is 0.0525. The minimum Gasteiger partial charge on any atom is -0.478 e. The number of carboxylic acids is 1. The Kier molecular flexibility index (Phi) is 9.71. The maximum Gasteiger partial charge on any atom is 0.341 e. The highest BCUT2D eigenvalue weighted by molar-refractivity contribution is 6.32. The highest BCUT2D eigenvalue weighted by Gasteiger charge is 2.12. The summed E-state index contributed by atoms with van der Waals surface area (Å²) in [5, 5.41) is 8.78. The van der Waals surface area contributed by atoms with Gasteiger partial charge in [0, 0.05) is 12.4 Å². The Balaban J connectivity index is 0.000000449. The van der Waals surface area contributed by atoms with Crippen molar-refractivity contribution >= 4 is 35.1 Å². The molecule has 0 radical (unpaired) electrons. The van der Waals surface area contributed by atoms with Crippen LogP contribution in [0.15, 0.2) is 24.5 Å². The van der Waals surface area contributed by atoms with Crippen LogP contribution in [0.25, 0.3) is 0 Å². The van der Waals surface area contributed by atoms with E-state index in [1.165, 1.54) is 12.3 Å². The van der Waals surface area contributed by atoms with Gasteiger partial charge < -0.3 is 9.84 Å². The van der Waals surface area contributed by atoms with E-state index in [2.05, 4.69) is 9.97 Å². The number of aromatic carboxylic acids is 1. The summed E-state index contributed by atoms with van der Waals surface area (Å²) >= 11 is 11.2. The van der Waals surface area contributed by atoms with Crippen LogP contribution in [0.1, 0.15) is 46.2 Å². The standard InChI is InChI=1S/C9H10ClNO2.C7H6ClNO2.CH4/c1-3-13-9(12)7-4-6(2)5-11-8(7)10;1-4-2-5(7(10)11)6(8)9-3-4;/h4-5H,3H2,1-2H3;2-3H,1H3,(H,10,11);1H4. The summed E-state index contributed by atoms with van der Waals surface area (Å²) < 4.78 is 4.80. The molecule has 0 atom stereocenters. The quantitative estimate of drug-likeness (QED) is 0.612. The SMILES string of the molecule is C.CCOC(=O)c1cc(C)cnc1Cl.Cc1cnc(Cl)c(C(=O)O)c1. The lowest BCUT2D eigenvalue weighted by atomic mass is 10.2. The van der Waals surface area contributed by atoms with Crippen molar-refractivity contribution in [3.05, 3.63) is 57.1 Å². The Bertz CT molecular complexity index is 751. The van der Waals surface area contributed by atoms with Crippen molar-refractivity contribution in [1.82, 2.24) is 9.97 Å². The maximum atomic E-state index is 11.3. The number of hydrogen-bond donors (Lipinski definition) is 1. The number of aromatic nitrogens is 2. The zero-order valence-electron chi connectivity index (χ0n) is 13.3. The van der Waals surface area contributed by atoms with E-state index >= 15 is 0 Å². The summed E-state index contributed by atoms with van der Waals surface area (Å²) in [4.78, 5) is 29.3. The van der Waals surface area contributed by atoms with Crippen LogP contribution in [-0.4, -0.2) is 33.6 Å². The van der Waals surface area contributed by atoms with Crippen LogP contribution in [0.3, 0.4) is 0 Å². The second-order valence-electron chi connectivity index (χ2n) is 4.73. The van der Waals surface area contributed by atoms with Crippen molar-refractivity contribution in [3.8, 4) is 0 Å². The highest BCUT2D eigenvalue weighted by Crippen LogP contribution is 2.15. The van der Waals surface area contributed by atoms with Gasteiger partial charge in [-0.1, -0.05) is 30.6 Å². The molecule has 0 fully saturated rings. The average Bonchev–Trinajstić information content (AvgIpc) is 2.52. The van der Waals surface area contributed by atoms with Crippen LogP contribution in [0, 0.1) is 13.8 Å². The lowest BCUT2D eigenvalue weighted by Crippen LogP contribution is -2.06. The first-order valence-electron chi connectivity index (χ1n) is 6.91. The smallest absolute Gasteiger partial charge is 0.341 e. The summed E-state index contributed by atoms with van der Waals surface area (Å²) in [7, 11) is 0. The molecule has 25 heavy (non-hydrogen) atoms. The summed E-state index contributed by atoms with van der Waals surface area (Å²) in [6.45, 7) is 5.68. The largest absolute Gasteiger partial charge is 0.478 e. The third-order valence-electron chi connectivity index (χ3n) is 2.68. The zero-order valence-corrected chi connectivity index (χ0v) is 14.9. The summed E-state index contributed by atoms with van der Waals surface area (Å²) in [5.74, 6) is -1.48. The molecule has 2 aromatic rings. The van der Waals surface area contributed by atoms with E-state index < -0.39 is 11.9 Å². The van der Waals surface area contributed by atoms with Crippen molar-refractivity contribution in [2.75, 3.05) is 6.61 Å². The maximum absolute atomic E-state index is 11.3. The number of esters is 1. The molecule has 2 rings (SSSR count). The molecular formula is C17H20Cl2N2O4. The van der Waals surface area contributed by atoms with Crippen LogP contribution in [0.4, 0.5) is 0 Å². The van der Waals surface area contributed by atoms with Gasteiger partial charge in [-0.25, -0.2) is 19.6 Å².